The van der Waals surface area contributed by atoms with Gasteiger partial charge in [0, 0.05) is 10.3 Å². The predicted octanol–water partition coefficient (Wildman–Crippen LogP) is 7.60. The number of esters is 1. The van der Waals surface area contributed by atoms with Gasteiger partial charge < -0.3 is 10.1 Å². The quantitative estimate of drug-likeness (QED) is 0.276. The Bertz CT molecular complexity index is 1430. The number of amides is 1. The van der Waals surface area contributed by atoms with Crippen molar-refractivity contribution >= 4 is 50.5 Å². The van der Waals surface area contributed by atoms with E-state index in [1.165, 1.54) is 16.2 Å². The molecule has 1 aromatic carbocycles. The summed E-state index contributed by atoms with van der Waals surface area (Å²) in [6.07, 6.45) is 2.75. The lowest BCUT2D eigenvalue weighted by Gasteiger charge is -2.33. The number of para-hydroxylation sites is 1. The van der Waals surface area contributed by atoms with Gasteiger partial charge in [0.2, 0.25) is 0 Å². The molecule has 36 heavy (non-hydrogen) atoms. The minimum Gasteiger partial charge on any atom is -0.462 e. The fourth-order valence-electron chi connectivity index (χ4n) is 4.92. The highest BCUT2D eigenvalue weighted by atomic mass is 32.1. The smallest absolute Gasteiger partial charge is 0.341 e. The van der Waals surface area contributed by atoms with Crippen LogP contribution in [0.1, 0.15) is 65.3 Å². The number of carbonyl (C=O) groups excluding carboxylic acids is 2. The van der Waals surface area contributed by atoms with E-state index in [9.17, 15) is 9.59 Å². The Morgan fingerprint density at radius 3 is 2.69 bits per heavy atom. The first-order valence-electron chi connectivity index (χ1n) is 12.3. The van der Waals surface area contributed by atoms with Gasteiger partial charge in [0.1, 0.15) is 5.00 Å². The molecule has 0 aliphatic heterocycles. The molecule has 1 unspecified atom stereocenters. The van der Waals surface area contributed by atoms with Crippen LogP contribution < -0.4 is 5.32 Å². The third-order valence-corrected chi connectivity index (χ3v) is 8.99. The van der Waals surface area contributed by atoms with Gasteiger partial charge in [-0.05, 0) is 66.7 Å². The Labute approximate surface area is 219 Å². The van der Waals surface area contributed by atoms with Gasteiger partial charge in [-0.1, -0.05) is 45.0 Å². The van der Waals surface area contributed by atoms with Crippen LogP contribution in [0.4, 0.5) is 5.00 Å². The summed E-state index contributed by atoms with van der Waals surface area (Å²) in [7, 11) is 0. The van der Waals surface area contributed by atoms with Gasteiger partial charge in [-0.3, -0.25) is 4.79 Å². The SMILES string of the molecule is CCOC(=O)c1c(NC(=O)c2cc(-c3cccs3)nc3ccccc23)sc2c1CCC(C(C)(C)C)C2. The third kappa shape index (κ3) is 4.70. The molecule has 0 radical (unpaired) electrons. The van der Waals surface area contributed by atoms with Crippen LogP contribution in [0.2, 0.25) is 0 Å². The molecule has 5 rings (SSSR count). The highest BCUT2D eigenvalue weighted by Crippen LogP contribution is 2.44. The van der Waals surface area contributed by atoms with Crippen molar-refractivity contribution in [2.24, 2.45) is 11.3 Å². The van der Waals surface area contributed by atoms with E-state index in [0.717, 1.165) is 46.3 Å². The molecule has 4 aromatic rings. The maximum absolute atomic E-state index is 13.7. The van der Waals surface area contributed by atoms with Crippen LogP contribution >= 0.6 is 22.7 Å². The zero-order valence-corrected chi connectivity index (χ0v) is 22.6. The molecule has 1 N–H and O–H groups in total. The molecule has 1 amide bonds. The molecule has 0 bridgehead atoms. The number of benzene rings is 1. The second-order valence-corrected chi connectivity index (χ2v) is 12.3. The highest BCUT2D eigenvalue weighted by molar-refractivity contribution is 7.17. The molecular formula is C29H30N2O3S2. The minimum atomic E-state index is -0.363. The number of carbonyl (C=O) groups is 2. The summed E-state index contributed by atoms with van der Waals surface area (Å²) in [4.78, 5) is 33.7. The molecule has 1 atom stereocenters. The number of hydrogen-bond donors (Lipinski definition) is 1. The first kappa shape index (κ1) is 24.7. The second-order valence-electron chi connectivity index (χ2n) is 10.2. The molecule has 7 heteroatoms. The maximum atomic E-state index is 13.7. The van der Waals surface area contributed by atoms with Crippen molar-refractivity contribution in [2.75, 3.05) is 11.9 Å². The van der Waals surface area contributed by atoms with Crippen molar-refractivity contribution in [2.45, 2.75) is 47.0 Å². The van der Waals surface area contributed by atoms with E-state index in [2.05, 4.69) is 26.1 Å². The monoisotopic (exact) mass is 518 g/mol. The standard InChI is InChI=1S/C29H30N2O3S2/c1-5-34-28(33)25-19-13-12-17(29(2,3)4)15-24(19)36-27(25)31-26(32)20-16-22(23-11-8-14-35-23)30-21-10-7-6-9-18(20)21/h6-11,14,16-17H,5,12-13,15H2,1-4H3,(H,31,32). The van der Waals surface area contributed by atoms with Crippen LogP contribution in [0.5, 0.6) is 0 Å². The molecule has 0 spiro atoms. The fourth-order valence-corrected chi connectivity index (χ4v) is 6.91. The van der Waals surface area contributed by atoms with Crippen molar-refractivity contribution < 1.29 is 14.3 Å². The van der Waals surface area contributed by atoms with Crippen molar-refractivity contribution in [1.29, 1.82) is 0 Å². The lowest BCUT2D eigenvalue weighted by Crippen LogP contribution is -2.26. The molecule has 5 nitrogen and oxygen atoms in total. The molecule has 1 aliphatic rings. The number of fused-ring (bicyclic) bond motifs is 2. The Hall–Kier alpha value is -3.03. The molecule has 1 aliphatic carbocycles. The van der Waals surface area contributed by atoms with Crippen LogP contribution in [0.3, 0.4) is 0 Å². The van der Waals surface area contributed by atoms with E-state index in [1.807, 2.05) is 47.8 Å². The van der Waals surface area contributed by atoms with Crippen molar-refractivity contribution in [3.05, 3.63) is 69.4 Å². The van der Waals surface area contributed by atoms with Gasteiger partial charge >= 0.3 is 5.97 Å². The van der Waals surface area contributed by atoms with Gasteiger partial charge in [0.15, 0.2) is 0 Å². The summed E-state index contributed by atoms with van der Waals surface area (Å²) in [5, 5.41) is 6.45. The van der Waals surface area contributed by atoms with Crippen LogP contribution in [0, 0.1) is 11.3 Å². The number of thiophene rings is 2. The minimum absolute atomic E-state index is 0.184. The topological polar surface area (TPSA) is 68.3 Å². The number of ether oxygens (including phenoxy) is 1. The van der Waals surface area contributed by atoms with E-state index in [-0.39, 0.29) is 17.3 Å². The van der Waals surface area contributed by atoms with Gasteiger partial charge in [-0.15, -0.1) is 22.7 Å². The largest absolute Gasteiger partial charge is 0.462 e. The third-order valence-electron chi connectivity index (χ3n) is 6.93. The molecule has 0 saturated carbocycles. The lowest BCUT2D eigenvalue weighted by atomic mass is 9.72. The Balaban J connectivity index is 1.55. The van der Waals surface area contributed by atoms with Gasteiger partial charge in [-0.25, -0.2) is 9.78 Å². The van der Waals surface area contributed by atoms with E-state index in [1.54, 1.807) is 18.3 Å². The summed E-state index contributed by atoms with van der Waals surface area (Å²) in [6.45, 7) is 8.90. The number of anilines is 1. The maximum Gasteiger partial charge on any atom is 0.341 e. The average Bonchev–Trinajstić information content (AvgIpc) is 3.50. The van der Waals surface area contributed by atoms with Crippen molar-refractivity contribution in [1.82, 2.24) is 4.98 Å². The molecule has 0 saturated heterocycles. The summed E-state index contributed by atoms with van der Waals surface area (Å²) < 4.78 is 5.42. The van der Waals surface area contributed by atoms with E-state index in [0.29, 0.717) is 28.7 Å². The number of rotatable bonds is 5. The van der Waals surface area contributed by atoms with Crippen molar-refractivity contribution in [3.63, 3.8) is 0 Å². The van der Waals surface area contributed by atoms with Crippen LogP contribution in [0.15, 0.2) is 47.8 Å². The van der Waals surface area contributed by atoms with Crippen LogP contribution in [-0.4, -0.2) is 23.5 Å². The average molecular weight is 519 g/mol. The van der Waals surface area contributed by atoms with Gasteiger partial charge in [0.05, 0.1) is 33.8 Å². The molecule has 3 heterocycles. The molecular weight excluding hydrogens is 488 g/mol. The predicted molar refractivity (Wildman–Crippen MR) is 148 cm³/mol. The van der Waals surface area contributed by atoms with E-state index < -0.39 is 0 Å². The molecule has 186 valence electrons. The Morgan fingerprint density at radius 2 is 1.97 bits per heavy atom. The lowest BCUT2D eigenvalue weighted by molar-refractivity contribution is 0.0526. The fraction of sp³-hybridized carbons (Fsp3) is 0.345. The Morgan fingerprint density at radius 1 is 1.17 bits per heavy atom. The zero-order chi connectivity index (χ0) is 25.4. The van der Waals surface area contributed by atoms with Crippen LogP contribution in [0.25, 0.3) is 21.5 Å². The number of nitrogens with zero attached hydrogens (tertiary/aromatic N) is 1. The molecule has 0 fully saturated rings. The van der Waals surface area contributed by atoms with E-state index >= 15 is 0 Å². The highest BCUT2D eigenvalue weighted by Gasteiger charge is 2.34. The normalized spacial score (nSPS) is 15.5. The number of pyridine rings is 1. The van der Waals surface area contributed by atoms with Crippen molar-refractivity contribution in [3.8, 4) is 10.6 Å². The van der Waals surface area contributed by atoms with Gasteiger partial charge in [-0.2, -0.15) is 0 Å². The summed E-state index contributed by atoms with van der Waals surface area (Å²) >= 11 is 3.11. The summed E-state index contributed by atoms with van der Waals surface area (Å²) in [5.41, 5.74) is 3.81. The summed E-state index contributed by atoms with van der Waals surface area (Å²) in [6, 6.07) is 13.5. The number of nitrogens with one attached hydrogen (secondary N) is 1. The first-order valence-corrected chi connectivity index (χ1v) is 14.0. The Kier molecular flexibility index (Phi) is 6.70. The second kappa shape index (κ2) is 9.79. The van der Waals surface area contributed by atoms with E-state index in [4.69, 9.17) is 9.72 Å². The van der Waals surface area contributed by atoms with Gasteiger partial charge in [0.25, 0.3) is 5.91 Å². The number of aromatic nitrogens is 1. The van der Waals surface area contributed by atoms with Crippen LogP contribution in [-0.2, 0) is 17.6 Å². The number of hydrogen-bond acceptors (Lipinski definition) is 6. The first-order chi connectivity index (χ1) is 17.3. The summed E-state index contributed by atoms with van der Waals surface area (Å²) in [5.74, 6) is -0.0824. The molecule has 3 aromatic heterocycles. The zero-order valence-electron chi connectivity index (χ0n) is 21.0.